The van der Waals surface area contributed by atoms with E-state index >= 15 is 0 Å². The molecule has 0 fully saturated rings. The third-order valence-electron chi connectivity index (χ3n) is 3.44. The topological polar surface area (TPSA) is 81.9 Å². The van der Waals surface area contributed by atoms with Crippen molar-refractivity contribution in [1.29, 1.82) is 0 Å². The van der Waals surface area contributed by atoms with E-state index in [0.717, 1.165) is 5.56 Å². The molecule has 0 bridgehead atoms. The normalized spacial score (nSPS) is 10.6. The van der Waals surface area contributed by atoms with E-state index < -0.39 is 5.82 Å². The average molecular weight is 373 g/mol. The van der Waals surface area contributed by atoms with Gasteiger partial charge in [0.2, 0.25) is 11.1 Å². The zero-order chi connectivity index (χ0) is 18.5. The lowest BCUT2D eigenvalue weighted by atomic mass is 10.2. The van der Waals surface area contributed by atoms with Crippen molar-refractivity contribution in [3.63, 3.8) is 0 Å². The van der Waals surface area contributed by atoms with Crippen LogP contribution in [-0.2, 0) is 10.5 Å². The molecule has 1 amide bonds. The first kappa shape index (κ1) is 17.9. The zero-order valence-electron chi connectivity index (χ0n) is 14.1. The molecule has 0 spiro atoms. The van der Waals surface area contributed by atoms with Crippen LogP contribution in [0, 0.1) is 5.82 Å². The standard InChI is InChI=1S/C17H16FN5O2S/c1-11(24)19-13-4-3-5-14(9-13)23-17(20-21-22-23)26-10-12-6-7-16(25-2)15(18)8-12/h3-9H,10H2,1-2H3,(H,19,24). The molecule has 0 saturated carbocycles. The van der Waals surface area contributed by atoms with Crippen LogP contribution in [0.15, 0.2) is 47.6 Å². The Morgan fingerprint density at radius 2 is 2.15 bits per heavy atom. The molecule has 134 valence electrons. The first-order chi connectivity index (χ1) is 12.6. The van der Waals surface area contributed by atoms with Gasteiger partial charge >= 0.3 is 0 Å². The Morgan fingerprint density at radius 1 is 1.31 bits per heavy atom. The van der Waals surface area contributed by atoms with E-state index in [-0.39, 0.29) is 11.7 Å². The molecule has 3 aromatic rings. The number of hydrogen-bond acceptors (Lipinski definition) is 6. The highest BCUT2D eigenvalue weighted by atomic mass is 32.2. The van der Waals surface area contributed by atoms with Crippen LogP contribution >= 0.6 is 11.8 Å². The molecule has 2 aromatic carbocycles. The molecule has 0 aliphatic carbocycles. The fourth-order valence-corrected chi connectivity index (χ4v) is 3.13. The fraction of sp³-hybridized carbons (Fsp3) is 0.176. The maximum Gasteiger partial charge on any atom is 0.221 e. The summed E-state index contributed by atoms with van der Waals surface area (Å²) in [6, 6.07) is 12.0. The smallest absolute Gasteiger partial charge is 0.221 e. The van der Waals surface area contributed by atoms with Crippen LogP contribution in [-0.4, -0.2) is 33.2 Å². The van der Waals surface area contributed by atoms with Gasteiger partial charge in [-0.15, -0.1) is 5.10 Å². The molecule has 0 aliphatic heterocycles. The van der Waals surface area contributed by atoms with Crippen molar-refractivity contribution in [2.75, 3.05) is 12.4 Å². The molecule has 26 heavy (non-hydrogen) atoms. The number of nitrogens with one attached hydrogen (secondary N) is 1. The minimum Gasteiger partial charge on any atom is -0.494 e. The third-order valence-corrected chi connectivity index (χ3v) is 4.43. The van der Waals surface area contributed by atoms with Gasteiger partial charge in [0.15, 0.2) is 11.6 Å². The van der Waals surface area contributed by atoms with Crippen LogP contribution < -0.4 is 10.1 Å². The molecule has 7 nitrogen and oxygen atoms in total. The van der Waals surface area contributed by atoms with Gasteiger partial charge in [-0.1, -0.05) is 23.9 Å². The van der Waals surface area contributed by atoms with Crippen molar-refractivity contribution in [2.45, 2.75) is 17.8 Å². The highest BCUT2D eigenvalue weighted by Crippen LogP contribution is 2.26. The van der Waals surface area contributed by atoms with Crippen molar-refractivity contribution in [3.8, 4) is 11.4 Å². The molecule has 0 saturated heterocycles. The van der Waals surface area contributed by atoms with E-state index in [2.05, 4.69) is 20.8 Å². The van der Waals surface area contributed by atoms with Gasteiger partial charge < -0.3 is 10.1 Å². The summed E-state index contributed by atoms with van der Waals surface area (Å²) in [6.07, 6.45) is 0. The highest BCUT2D eigenvalue weighted by Gasteiger charge is 2.11. The summed E-state index contributed by atoms with van der Waals surface area (Å²) < 4.78 is 20.3. The summed E-state index contributed by atoms with van der Waals surface area (Å²) in [5.74, 6) is 0.133. The second kappa shape index (κ2) is 7.96. The summed E-state index contributed by atoms with van der Waals surface area (Å²) in [6.45, 7) is 1.44. The van der Waals surface area contributed by atoms with E-state index in [9.17, 15) is 9.18 Å². The molecule has 9 heteroatoms. The molecule has 1 N–H and O–H groups in total. The number of thioether (sulfide) groups is 1. The van der Waals surface area contributed by atoms with Gasteiger partial charge in [0.1, 0.15) is 0 Å². The number of tetrazole rings is 1. The molecular weight excluding hydrogens is 357 g/mol. The maximum absolute atomic E-state index is 13.8. The summed E-state index contributed by atoms with van der Waals surface area (Å²) in [4.78, 5) is 11.2. The third kappa shape index (κ3) is 4.17. The molecule has 0 radical (unpaired) electrons. The lowest BCUT2D eigenvalue weighted by Crippen LogP contribution is -2.07. The highest BCUT2D eigenvalue weighted by molar-refractivity contribution is 7.98. The number of rotatable bonds is 6. The molecular formula is C17H16FN5O2S. The largest absolute Gasteiger partial charge is 0.494 e. The molecule has 0 aliphatic rings. The van der Waals surface area contributed by atoms with Crippen molar-refractivity contribution < 1.29 is 13.9 Å². The Balaban J connectivity index is 1.77. The van der Waals surface area contributed by atoms with Crippen molar-refractivity contribution >= 4 is 23.4 Å². The minimum atomic E-state index is -0.409. The van der Waals surface area contributed by atoms with Gasteiger partial charge in [0, 0.05) is 18.4 Å². The molecule has 0 unspecified atom stereocenters. The van der Waals surface area contributed by atoms with Gasteiger partial charge in [-0.05, 0) is 46.3 Å². The SMILES string of the molecule is COc1ccc(CSc2nnnn2-c2cccc(NC(C)=O)c2)cc1F. The predicted octanol–water partition coefficient (Wildman–Crippen LogP) is 3.06. The Labute approximate surface area is 153 Å². The number of methoxy groups -OCH3 is 1. The van der Waals surface area contributed by atoms with Gasteiger partial charge in [-0.25, -0.2) is 4.39 Å². The van der Waals surface area contributed by atoms with Gasteiger partial charge in [0.05, 0.1) is 12.8 Å². The number of ether oxygens (including phenoxy) is 1. The first-order valence-electron chi connectivity index (χ1n) is 7.68. The lowest BCUT2D eigenvalue weighted by Gasteiger charge is -2.08. The van der Waals surface area contributed by atoms with E-state index in [1.54, 1.807) is 35.0 Å². The van der Waals surface area contributed by atoms with Crippen LogP contribution in [0.5, 0.6) is 5.75 Å². The quantitative estimate of drug-likeness (QED) is 0.669. The van der Waals surface area contributed by atoms with E-state index in [1.165, 1.54) is 31.9 Å². The van der Waals surface area contributed by atoms with Crippen molar-refractivity contribution in [2.24, 2.45) is 0 Å². The van der Waals surface area contributed by atoms with E-state index in [4.69, 9.17) is 4.74 Å². The summed E-state index contributed by atoms with van der Waals surface area (Å²) in [5.41, 5.74) is 2.15. The number of carbonyl (C=O) groups excluding carboxylic acids is 1. The van der Waals surface area contributed by atoms with Gasteiger partial charge in [-0.3, -0.25) is 4.79 Å². The van der Waals surface area contributed by atoms with Crippen LogP contribution in [0.2, 0.25) is 0 Å². The summed E-state index contributed by atoms with van der Waals surface area (Å²) in [5, 5.41) is 15.0. The molecule has 3 rings (SSSR count). The second-order valence-corrected chi connectivity index (χ2v) is 6.30. The molecule has 1 aromatic heterocycles. The molecule has 1 heterocycles. The van der Waals surface area contributed by atoms with Crippen LogP contribution in [0.25, 0.3) is 5.69 Å². The van der Waals surface area contributed by atoms with Crippen LogP contribution in [0.1, 0.15) is 12.5 Å². The number of carbonyl (C=O) groups is 1. The van der Waals surface area contributed by atoms with E-state index in [1.807, 2.05) is 6.07 Å². The Hall–Kier alpha value is -2.94. The van der Waals surface area contributed by atoms with Gasteiger partial charge in [-0.2, -0.15) is 4.68 Å². The van der Waals surface area contributed by atoms with Crippen LogP contribution in [0.3, 0.4) is 0 Å². The van der Waals surface area contributed by atoms with Crippen molar-refractivity contribution in [1.82, 2.24) is 20.2 Å². The zero-order valence-corrected chi connectivity index (χ0v) is 15.0. The second-order valence-electron chi connectivity index (χ2n) is 5.36. The number of halogens is 1. The van der Waals surface area contributed by atoms with E-state index in [0.29, 0.717) is 22.3 Å². The molecule has 0 atom stereocenters. The number of anilines is 1. The average Bonchev–Trinajstić information content (AvgIpc) is 3.08. The monoisotopic (exact) mass is 373 g/mol. The summed E-state index contributed by atoms with van der Waals surface area (Å²) >= 11 is 1.38. The number of nitrogens with zero attached hydrogens (tertiary/aromatic N) is 4. The van der Waals surface area contributed by atoms with Gasteiger partial charge in [0.25, 0.3) is 0 Å². The number of amides is 1. The Kier molecular flexibility index (Phi) is 5.47. The number of hydrogen-bond donors (Lipinski definition) is 1. The number of aromatic nitrogens is 4. The van der Waals surface area contributed by atoms with Crippen molar-refractivity contribution in [3.05, 3.63) is 53.8 Å². The Bertz CT molecular complexity index is 931. The fourth-order valence-electron chi connectivity index (χ4n) is 2.30. The predicted molar refractivity (Wildman–Crippen MR) is 96.0 cm³/mol. The minimum absolute atomic E-state index is 0.157. The lowest BCUT2D eigenvalue weighted by molar-refractivity contribution is -0.114. The van der Waals surface area contributed by atoms with Crippen LogP contribution in [0.4, 0.5) is 10.1 Å². The summed E-state index contributed by atoms with van der Waals surface area (Å²) in [7, 11) is 1.43. The number of benzene rings is 2. The first-order valence-corrected chi connectivity index (χ1v) is 8.67. The Morgan fingerprint density at radius 3 is 2.88 bits per heavy atom. The maximum atomic E-state index is 13.8.